The lowest BCUT2D eigenvalue weighted by molar-refractivity contribution is 0.313. The molecule has 2 aromatic rings. The smallest absolute Gasteiger partial charge is 0.0459 e. The summed E-state index contributed by atoms with van der Waals surface area (Å²) >= 11 is 0. The lowest BCUT2D eigenvalue weighted by atomic mass is 9.78. The molecule has 0 bridgehead atoms. The molecule has 0 fully saturated rings. The van der Waals surface area contributed by atoms with Crippen LogP contribution in [0.15, 0.2) is 24.3 Å². The Morgan fingerprint density at radius 1 is 1.29 bits per heavy atom. The molecule has 2 atom stereocenters. The predicted octanol–water partition coefficient (Wildman–Crippen LogP) is 3.39. The Balaban J connectivity index is 2.13. The standard InChI is InChI=1S/C15H20N2/c1-9(2)10-7-12-11-5-3-4-6-14(11)17-15(12)13(16)8-10/h3-6,9-10,13,17H,7-8,16H2,1-2H3. The van der Waals surface area contributed by atoms with Crippen molar-refractivity contribution in [3.05, 3.63) is 35.5 Å². The van der Waals surface area contributed by atoms with Crippen molar-refractivity contribution in [2.24, 2.45) is 17.6 Å². The van der Waals surface area contributed by atoms with Crippen molar-refractivity contribution in [2.45, 2.75) is 32.7 Å². The van der Waals surface area contributed by atoms with Gasteiger partial charge in [0.05, 0.1) is 0 Å². The lowest BCUT2D eigenvalue weighted by Crippen LogP contribution is -2.26. The van der Waals surface area contributed by atoms with Gasteiger partial charge in [0.25, 0.3) is 0 Å². The molecule has 3 N–H and O–H groups in total. The number of nitrogens with two attached hydrogens (primary N) is 1. The van der Waals surface area contributed by atoms with Gasteiger partial charge in [-0.3, -0.25) is 0 Å². The van der Waals surface area contributed by atoms with E-state index in [1.54, 1.807) is 0 Å². The van der Waals surface area contributed by atoms with Crippen LogP contribution in [0.2, 0.25) is 0 Å². The van der Waals surface area contributed by atoms with E-state index in [-0.39, 0.29) is 6.04 Å². The van der Waals surface area contributed by atoms with Crippen LogP contribution in [0.5, 0.6) is 0 Å². The van der Waals surface area contributed by atoms with E-state index < -0.39 is 0 Å². The molecule has 1 aliphatic rings. The Kier molecular flexibility index (Phi) is 2.48. The molecule has 2 unspecified atom stereocenters. The maximum atomic E-state index is 6.31. The highest BCUT2D eigenvalue weighted by Gasteiger charge is 2.29. The van der Waals surface area contributed by atoms with Crippen molar-refractivity contribution in [1.29, 1.82) is 0 Å². The second-order valence-electron chi connectivity index (χ2n) is 5.61. The SMILES string of the molecule is CC(C)C1Cc2c([nH]c3ccccc23)C(N)C1. The van der Waals surface area contributed by atoms with E-state index in [1.165, 1.54) is 28.6 Å². The minimum absolute atomic E-state index is 0.179. The minimum atomic E-state index is 0.179. The summed E-state index contributed by atoms with van der Waals surface area (Å²) in [4.78, 5) is 3.50. The van der Waals surface area contributed by atoms with Gasteiger partial charge in [0.1, 0.15) is 0 Å². The summed E-state index contributed by atoms with van der Waals surface area (Å²) in [6.45, 7) is 4.61. The number of hydrogen-bond donors (Lipinski definition) is 2. The molecule has 1 aromatic carbocycles. The summed E-state index contributed by atoms with van der Waals surface area (Å²) in [6, 6.07) is 8.72. The Morgan fingerprint density at radius 2 is 2.06 bits per heavy atom. The first-order valence-electron chi connectivity index (χ1n) is 6.52. The van der Waals surface area contributed by atoms with Gasteiger partial charge in [-0.1, -0.05) is 32.0 Å². The van der Waals surface area contributed by atoms with Gasteiger partial charge in [0, 0.05) is 22.6 Å². The van der Waals surface area contributed by atoms with Crippen LogP contribution in [0.25, 0.3) is 10.9 Å². The van der Waals surface area contributed by atoms with Crippen LogP contribution in [0.1, 0.15) is 37.6 Å². The third-order valence-electron chi connectivity index (χ3n) is 4.18. The number of H-pyrrole nitrogens is 1. The normalized spacial score (nSPS) is 24.2. The quantitative estimate of drug-likeness (QED) is 0.772. The van der Waals surface area contributed by atoms with E-state index in [0.29, 0.717) is 5.92 Å². The van der Waals surface area contributed by atoms with Crippen LogP contribution < -0.4 is 5.73 Å². The van der Waals surface area contributed by atoms with Crippen molar-refractivity contribution in [3.63, 3.8) is 0 Å². The zero-order valence-corrected chi connectivity index (χ0v) is 10.5. The Hall–Kier alpha value is -1.28. The predicted molar refractivity (Wildman–Crippen MR) is 71.9 cm³/mol. The van der Waals surface area contributed by atoms with Crippen molar-refractivity contribution in [3.8, 4) is 0 Å². The Morgan fingerprint density at radius 3 is 2.82 bits per heavy atom. The fraction of sp³-hybridized carbons (Fsp3) is 0.467. The number of hydrogen-bond acceptors (Lipinski definition) is 1. The lowest BCUT2D eigenvalue weighted by Gasteiger charge is -2.29. The zero-order chi connectivity index (χ0) is 12.0. The van der Waals surface area contributed by atoms with Crippen LogP contribution in [0, 0.1) is 11.8 Å². The fourth-order valence-electron chi connectivity index (χ4n) is 3.05. The highest BCUT2D eigenvalue weighted by Crippen LogP contribution is 2.38. The number of nitrogens with one attached hydrogen (secondary N) is 1. The number of aromatic nitrogens is 1. The molecule has 1 aromatic heterocycles. The van der Waals surface area contributed by atoms with Crippen molar-refractivity contribution < 1.29 is 0 Å². The molecule has 17 heavy (non-hydrogen) atoms. The van der Waals surface area contributed by atoms with Crippen LogP contribution in [-0.4, -0.2) is 4.98 Å². The van der Waals surface area contributed by atoms with Gasteiger partial charge >= 0.3 is 0 Å². The highest BCUT2D eigenvalue weighted by molar-refractivity contribution is 5.85. The maximum absolute atomic E-state index is 6.31. The van der Waals surface area contributed by atoms with Gasteiger partial charge in [-0.25, -0.2) is 0 Å². The molecule has 90 valence electrons. The number of para-hydroxylation sites is 1. The van der Waals surface area contributed by atoms with Crippen LogP contribution in [0.3, 0.4) is 0 Å². The van der Waals surface area contributed by atoms with Crippen LogP contribution in [0.4, 0.5) is 0 Å². The summed E-state index contributed by atoms with van der Waals surface area (Å²) in [7, 11) is 0. The van der Waals surface area contributed by atoms with Crippen molar-refractivity contribution in [2.75, 3.05) is 0 Å². The van der Waals surface area contributed by atoms with Gasteiger partial charge in [0.2, 0.25) is 0 Å². The number of fused-ring (bicyclic) bond motifs is 3. The third kappa shape index (κ3) is 1.67. The molecular weight excluding hydrogens is 208 g/mol. The highest BCUT2D eigenvalue weighted by atomic mass is 14.8. The fourth-order valence-corrected chi connectivity index (χ4v) is 3.05. The second kappa shape index (κ2) is 3.88. The van der Waals surface area contributed by atoms with E-state index in [9.17, 15) is 0 Å². The van der Waals surface area contributed by atoms with Crippen LogP contribution in [-0.2, 0) is 6.42 Å². The first-order valence-corrected chi connectivity index (χ1v) is 6.52. The van der Waals surface area contributed by atoms with Gasteiger partial charge < -0.3 is 10.7 Å². The van der Waals surface area contributed by atoms with E-state index in [0.717, 1.165) is 12.3 Å². The third-order valence-corrected chi connectivity index (χ3v) is 4.18. The van der Waals surface area contributed by atoms with Gasteiger partial charge in [0.15, 0.2) is 0 Å². The minimum Gasteiger partial charge on any atom is -0.357 e. The molecule has 0 radical (unpaired) electrons. The molecule has 1 heterocycles. The van der Waals surface area contributed by atoms with Crippen LogP contribution >= 0.6 is 0 Å². The number of rotatable bonds is 1. The summed E-state index contributed by atoms with van der Waals surface area (Å²) in [5.74, 6) is 1.43. The van der Waals surface area contributed by atoms with E-state index in [4.69, 9.17) is 5.73 Å². The molecule has 2 nitrogen and oxygen atoms in total. The summed E-state index contributed by atoms with van der Waals surface area (Å²) in [6.07, 6.45) is 2.28. The molecule has 0 amide bonds. The van der Waals surface area contributed by atoms with Gasteiger partial charge in [-0.15, -0.1) is 0 Å². The van der Waals surface area contributed by atoms with Crippen molar-refractivity contribution in [1.82, 2.24) is 4.98 Å². The summed E-state index contributed by atoms with van der Waals surface area (Å²) in [5.41, 5.74) is 10.3. The average molecular weight is 228 g/mol. The molecule has 1 aliphatic carbocycles. The van der Waals surface area contributed by atoms with E-state index in [1.807, 2.05) is 0 Å². The first kappa shape index (κ1) is 10.8. The monoisotopic (exact) mass is 228 g/mol. The van der Waals surface area contributed by atoms with E-state index in [2.05, 4.69) is 43.1 Å². The Bertz CT molecular complexity index is 539. The van der Waals surface area contributed by atoms with Gasteiger partial charge in [-0.2, -0.15) is 0 Å². The Labute approximate surface area is 102 Å². The number of aromatic amines is 1. The molecule has 3 rings (SSSR count). The molecule has 0 saturated carbocycles. The summed E-state index contributed by atoms with van der Waals surface area (Å²) in [5, 5.41) is 1.36. The molecule has 0 aliphatic heterocycles. The van der Waals surface area contributed by atoms with Gasteiger partial charge in [-0.05, 0) is 36.3 Å². The van der Waals surface area contributed by atoms with Crippen molar-refractivity contribution >= 4 is 10.9 Å². The zero-order valence-electron chi connectivity index (χ0n) is 10.5. The average Bonchev–Trinajstić information content (AvgIpc) is 2.68. The summed E-state index contributed by atoms with van der Waals surface area (Å²) < 4.78 is 0. The second-order valence-corrected chi connectivity index (χ2v) is 5.61. The topological polar surface area (TPSA) is 41.8 Å². The van der Waals surface area contributed by atoms with E-state index >= 15 is 0 Å². The molecule has 2 heteroatoms. The number of benzene rings is 1. The maximum Gasteiger partial charge on any atom is 0.0459 e. The first-order chi connectivity index (χ1) is 8.16. The molecular formula is C15H20N2. The largest absolute Gasteiger partial charge is 0.357 e. The molecule has 0 spiro atoms. The molecule has 0 saturated heterocycles.